The van der Waals surface area contributed by atoms with Crippen molar-refractivity contribution in [3.05, 3.63) is 42.2 Å². The van der Waals surface area contributed by atoms with Crippen molar-refractivity contribution < 1.29 is 9.53 Å². The maximum absolute atomic E-state index is 12.3. The molecule has 2 rings (SSSR count). The van der Waals surface area contributed by atoms with Crippen LogP contribution < -0.4 is 0 Å². The molecule has 102 valence electrons. The first-order chi connectivity index (χ1) is 9.22. The predicted molar refractivity (Wildman–Crippen MR) is 70.7 cm³/mol. The number of H-pyrrole nitrogens is 1. The molecule has 0 spiro atoms. The Morgan fingerprint density at radius 1 is 1.58 bits per heavy atom. The lowest BCUT2D eigenvalue weighted by Gasteiger charge is -2.17. The Balaban J connectivity index is 2.04. The predicted octanol–water partition coefficient (Wildman–Crippen LogP) is 1.13. The first-order valence-corrected chi connectivity index (χ1v) is 6.10. The van der Waals surface area contributed by atoms with Crippen LogP contribution in [0.15, 0.2) is 30.7 Å². The van der Waals surface area contributed by atoms with Gasteiger partial charge >= 0.3 is 0 Å². The van der Waals surface area contributed by atoms with Crippen LogP contribution >= 0.6 is 0 Å². The number of nitrogens with one attached hydrogen (secondary N) is 1. The van der Waals surface area contributed by atoms with Gasteiger partial charge in [0, 0.05) is 39.3 Å². The highest BCUT2D eigenvalue weighted by molar-refractivity contribution is 5.92. The van der Waals surface area contributed by atoms with Crippen molar-refractivity contribution in [2.24, 2.45) is 0 Å². The second-order valence-electron chi connectivity index (χ2n) is 4.28. The fourth-order valence-electron chi connectivity index (χ4n) is 1.87. The van der Waals surface area contributed by atoms with Gasteiger partial charge in [-0.25, -0.2) is 4.98 Å². The molecule has 0 atom stereocenters. The van der Waals surface area contributed by atoms with Gasteiger partial charge in [0.1, 0.15) is 11.5 Å². The first-order valence-electron chi connectivity index (χ1n) is 6.10. The van der Waals surface area contributed by atoms with Gasteiger partial charge in [0.2, 0.25) is 0 Å². The minimum absolute atomic E-state index is 0.0301. The molecule has 0 aromatic carbocycles. The summed E-state index contributed by atoms with van der Waals surface area (Å²) in [7, 11) is 3.41. The molecule has 2 heterocycles. The van der Waals surface area contributed by atoms with E-state index in [0.717, 1.165) is 5.82 Å². The van der Waals surface area contributed by atoms with Crippen molar-refractivity contribution in [2.45, 2.75) is 13.1 Å². The second kappa shape index (κ2) is 6.19. The molecule has 2 aromatic rings. The third kappa shape index (κ3) is 3.23. The summed E-state index contributed by atoms with van der Waals surface area (Å²) in [5.41, 5.74) is 0.658. The number of carbonyl (C=O) groups is 1. The fraction of sp³-hybridized carbons (Fsp3) is 0.385. The van der Waals surface area contributed by atoms with Crippen molar-refractivity contribution >= 4 is 5.91 Å². The minimum atomic E-state index is -0.0301. The van der Waals surface area contributed by atoms with E-state index in [2.05, 4.69) is 9.97 Å². The largest absolute Gasteiger partial charge is 0.383 e. The van der Waals surface area contributed by atoms with Gasteiger partial charge in [-0.1, -0.05) is 0 Å². The number of aromatic nitrogens is 3. The summed E-state index contributed by atoms with van der Waals surface area (Å²) >= 11 is 0. The molecule has 6 nitrogen and oxygen atoms in total. The summed E-state index contributed by atoms with van der Waals surface area (Å²) in [6, 6.07) is 3.68. The third-order valence-corrected chi connectivity index (χ3v) is 2.87. The van der Waals surface area contributed by atoms with E-state index >= 15 is 0 Å². The molecule has 0 radical (unpaired) electrons. The van der Waals surface area contributed by atoms with Crippen LogP contribution in [0.1, 0.15) is 16.3 Å². The number of methoxy groups -OCH3 is 1. The standard InChI is InChI=1S/C13H18N4O2/c1-16(10-12-14-5-6-15-12)13(18)11-4-3-7-17(11)8-9-19-2/h3-7H,8-10H2,1-2H3,(H,14,15). The van der Waals surface area contributed by atoms with Crippen LogP contribution in [0.25, 0.3) is 0 Å². The molecule has 1 amide bonds. The molecule has 6 heteroatoms. The number of hydrogen-bond acceptors (Lipinski definition) is 3. The van der Waals surface area contributed by atoms with Crippen LogP contribution in [0.4, 0.5) is 0 Å². The van der Waals surface area contributed by atoms with E-state index in [1.54, 1.807) is 31.5 Å². The molecule has 0 aliphatic heterocycles. The van der Waals surface area contributed by atoms with E-state index in [0.29, 0.717) is 25.4 Å². The number of hydrogen-bond donors (Lipinski definition) is 1. The average Bonchev–Trinajstić information content (AvgIpc) is 3.06. The molecule has 0 aliphatic rings. The van der Waals surface area contributed by atoms with E-state index in [9.17, 15) is 4.79 Å². The lowest BCUT2D eigenvalue weighted by atomic mass is 10.3. The highest BCUT2D eigenvalue weighted by Gasteiger charge is 2.16. The number of ether oxygens (including phenoxy) is 1. The number of carbonyl (C=O) groups excluding carboxylic acids is 1. The quantitative estimate of drug-likeness (QED) is 0.848. The number of rotatable bonds is 6. The van der Waals surface area contributed by atoms with Crippen molar-refractivity contribution in [1.29, 1.82) is 0 Å². The van der Waals surface area contributed by atoms with Gasteiger partial charge in [-0.15, -0.1) is 0 Å². The Labute approximate surface area is 112 Å². The van der Waals surface area contributed by atoms with Crippen molar-refractivity contribution in [2.75, 3.05) is 20.8 Å². The van der Waals surface area contributed by atoms with Crippen LogP contribution in [-0.4, -0.2) is 46.1 Å². The lowest BCUT2D eigenvalue weighted by molar-refractivity contribution is 0.0768. The maximum Gasteiger partial charge on any atom is 0.270 e. The Kier molecular flexibility index (Phi) is 4.35. The van der Waals surface area contributed by atoms with E-state index in [1.165, 1.54) is 0 Å². The molecular formula is C13H18N4O2. The van der Waals surface area contributed by atoms with Crippen molar-refractivity contribution in [3.63, 3.8) is 0 Å². The van der Waals surface area contributed by atoms with Crippen LogP contribution in [0.2, 0.25) is 0 Å². The molecule has 0 unspecified atom stereocenters. The summed E-state index contributed by atoms with van der Waals surface area (Å²) in [4.78, 5) is 21.1. The monoisotopic (exact) mass is 262 g/mol. The zero-order valence-corrected chi connectivity index (χ0v) is 11.2. The molecule has 0 aliphatic carbocycles. The van der Waals surface area contributed by atoms with Gasteiger partial charge in [-0.3, -0.25) is 4.79 Å². The number of aromatic amines is 1. The fourth-order valence-corrected chi connectivity index (χ4v) is 1.87. The Bertz CT molecular complexity index is 518. The SMILES string of the molecule is COCCn1cccc1C(=O)N(C)Cc1ncc[nH]1. The molecule has 2 aromatic heterocycles. The molecule has 0 bridgehead atoms. The van der Waals surface area contributed by atoms with Crippen LogP contribution in [0, 0.1) is 0 Å². The topological polar surface area (TPSA) is 63.1 Å². The zero-order chi connectivity index (χ0) is 13.7. The Morgan fingerprint density at radius 2 is 2.42 bits per heavy atom. The lowest BCUT2D eigenvalue weighted by Crippen LogP contribution is -2.29. The molecule has 1 N–H and O–H groups in total. The van der Waals surface area contributed by atoms with E-state index in [4.69, 9.17) is 4.74 Å². The normalized spacial score (nSPS) is 10.6. The summed E-state index contributed by atoms with van der Waals surface area (Å²) in [5, 5.41) is 0. The smallest absolute Gasteiger partial charge is 0.270 e. The summed E-state index contributed by atoms with van der Waals surface area (Å²) in [6.07, 6.45) is 5.30. The summed E-state index contributed by atoms with van der Waals surface area (Å²) in [6.45, 7) is 1.71. The number of amides is 1. The summed E-state index contributed by atoms with van der Waals surface area (Å²) < 4.78 is 6.93. The maximum atomic E-state index is 12.3. The molecule has 19 heavy (non-hydrogen) atoms. The Hall–Kier alpha value is -2.08. The number of nitrogens with zero attached hydrogens (tertiary/aromatic N) is 3. The highest BCUT2D eigenvalue weighted by Crippen LogP contribution is 2.08. The second-order valence-corrected chi connectivity index (χ2v) is 4.28. The van der Waals surface area contributed by atoms with Crippen LogP contribution in [0.5, 0.6) is 0 Å². The van der Waals surface area contributed by atoms with Crippen LogP contribution in [-0.2, 0) is 17.8 Å². The van der Waals surface area contributed by atoms with Gasteiger partial charge in [0.15, 0.2) is 0 Å². The van der Waals surface area contributed by atoms with Gasteiger partial charge in [0.05, 0.1) is 13.2 Å². The van der Waals surface area contributed by atoms with Crippen LogP contribution in [0.3, 0.4) is 0 Å². The van der Waals surface area contributed by atoms with Gasteiger partial charge in [-0.05, 0) is 12.1 Å². The van der Waals surface area contributed by atoms with E-state index in [-0.39, 0.29) is 5.91 Å². The third-order valence-electron chi connectivity index (χ3n) is 2.87. The molecular weight excluding hydrogens is 244 g/mol. The Morgan fingerprint density at radius 3 is 3.11 bits per heavy atom. The minimum Gasteiger partial charge on any atom is -0.383 e. The zero-order valence-electron chi connectivity index (χ0n) is 11.2. The van der Waals surface area contributed by atoms with Gasteiger partial charge < -0.3 is 19.2 Å². The molecule has 0 saturated heterocycles. The van der Waals surface area contributed by atoms with E-state index in [1.807, 2.05) is 22.9 Å². The first kappa shape index (κ1) is 13.4. The highest BCUT2D eigenvalue weighted by atomic mass is 16.5. The number of imidazole rings is 1. The average molecular weight is 262 g/mol. The van der Waals surface area contributed by atoms with Crippen molar-refractivity contribution in [1.82, 2.24) is 19.4 Å². The summed E-state index contributed by atoms with van der Waals surface area (Å²) in [5.74, 6) is 0.739. The van der Waals surface area contributed by atoms with E-state index < -0.39 is 0 Å². The van der Waals surface area contributed by atoms with Crippen molar-refractivity contribution in [3.8, 4) is 0 Å². The van der Waals surface area contributed by atoms with Gasteiger partial charge in [-0.2, -0.15) is 0 Å². The molecule has 0 saturated carbocycles. The molecule has 0 fully saturated rings. The van der Waals surface area contributed by atoms with Gasteiger partial charge in [0.25, 0.3) is 5.91 Å².